The summed E-state index contributed by atoms with van der Waals surface area (Å²) < 4.78 is 8.55. The van der Waals surface area contributed by atoms with Crippen molar-refractivity contribution in [2.45, 2.75) is 17.0 Å². The van der Waals surface area contributed by atoms with E-state index in [1.54, 1.807) is 29.4 Å². The summed E-state index contributed by atoms with van der Waals surface area (Å²) in [4.78, 5) is 6.86. The fraction of sp³-hybridized carbons (Fsp3) is 0.130. The normalized spacial score (nSPS) is 19.2. The number of thiophene rings is 1. The standard InChI is InChI=1S/C23H17ClN4OS2/c1-30-15-7-4-13(5-8-15)22-19-20(16-11-14(24)6-9-17(16)29-22)27-23-25-12-26-28(23)21(19)18-3-2-10-31-18/h2-12,21-22H,1H3,(H,25,26,27)/t21-,22-/m1/s1. The molecule has 0 unspecified atom stereocenters. The average molecular weight is 465 g/mol. The van der Waals surface area contributed by atoms with Gasteiger partial charge in [0, 0.05) is 25.9 Å². The van der Waals surface area contributed by atoms with Gasteiger partial charge in [0.2, 0.25) is 5.95 Å². The van der Waals surface area contributed by atoms with Gasteiger partial charge in [-0.2, -0.15) is 10.1 Å². The minimum absolute atomic E-state index is 0.119. The summed E-state index contributed by atoms with van der Waals surface area (Å²) in [5.74, 6) is 1.51. The summed E-state index contributed by atoms with van der Waals surface area (Å²) in [6.07, 6.45) is 3.40. The molecule has 0 saturated heterocycles. The van der Waals surface area contributed by atoms with Gasteiger partial charge in [-0.3, -0.25) is 0 Å². The third-order valence-electron chi connectivity index (χ3n) is 5.61. The maximum Gasteiger partial charge on any atom is 0.226 e. The molecule has 0 fully saturated rings. The third-order valence-corrected chi connectivity index (χ3v) is 7.51. The van der Waals surface area contributed by atoms with Gasteiger partial charge >= 0.3 is 0 Å². The number of rotatable bonds is 3. The van der Waals surface area contributed by atoms with Gasteiger partial charge in [0.15, 0.2) is 0 Å². The Labute approximate surface area is 192 Å². The minimum atomic E-state index is -0.267. The van der Waals surface area contributed by atoms with Crippen molar-refractivity contribution in [2.24, 2.45) is 0 Å². The highest BCUT2D eigenvalue weighted by Crippen LogP contribution is 2.51. The maximum absolute atomic E-state index is 6.62. The summed E-state index contributed by atoms with van der Waals surface area (Å²) in [6.45, 7) is 0. The van der Waals surface area contributed by atoms with E-state index < -0.39 is 0 Å². The van der Waals surface area contributed by atoms with Gasteiger partial charge in [0.1, 0.15) is 24.2 Å². The van der Waals surface area contributed by atoms with E-state index in [0.717, 1.165) is 28.1 Å². The Kier molecular flexibility index (Phi) is 4.56. The molecule has 0 saturated carbocycles. The van der Waals surface area contributed by atoms with E-state index in [4.69, 9.17) is 16.3 Å². The molecular formula is C23H17ClN4OS2. The van der Waals surface area contributed by atoms with Crippen LogP contribution in [0.1, 0.15) is 28.1 Å². The Bertz CT molecular complexity index is 1300. The van der Waals surface area contributed by atoms with E-state index >= 15 is 0 Å². The van der Waals surface area contributed by atoms with Crippen molar-refractivity contribution in [3.05, 3.63) is 92.9 Å². The molecule has 0 aliphatic carbocycles. The molecule has 4 heterocycles. The van der Waals surface area contributed by atoms with Crippen LogP contribution in [0.4, 0.5) is 5.95 Å². The zero-order valence-electron chi connectivity index (χ0n) is 16.4. The predicted octanol–water partition coefficient (Wildman–Crippen LogP) is 6.27. The largest absolute Gasteiger partial charge is 0.480 e. The molecule has 0 spiro atoms. The smallest absolute Gasteiger partial charge is 0.226 e. The molecule has 4 aromatic rings. The number of hydrogen-bond donors (Lipinski definition) is 1. The van der Waals surface area contributed by atoms with Gasteiger partial charge < -0.3 is 10.1 Å². The van der Waals surface area contributed by atoms with Gasteiger partial charge in [-0.15, -0.1) is 23.1 Å². The van der Waals surface area contributed by atoms with Crippen LogP contribution in [0.25, 0.3) is 5.70 Å². The van der Waals surface area contributed by atoms with Crippen LogP contribution < -0.4 is 10.1 Å². The minimum Gasteiger partial charge on any atom is -0.480 e. The van der Waals surface area contributed by atoms with Crippen LogP contribution in [0.3, 0.4) is 0 Å². The molecular weight excluding hydrogens is 448 g/mol. The Morgan fingerprint density at radius 1 is 1.16 bits per heavy atom. The lowest BCUT2D eigenvalue weighted by molar-refractivity contribution is 0.223. The Balaban J connectivity index is 1.61. The number of thioether (sulfide) groups is 1. The van der Waals surface area contributed by atoms with Gasteiger partial charge in [0.05, 0.1) is 5.70 Å². The van der Waals surface area contributed by atoms with E-state index in [1.165, 1.54) is 9.77 Å². The number of nitrogens with zero attached hydrogens (tertiary/aromatic N) is 3. The van der Waals surface area contributed by atoms with Crippen LogP contribution in [-0.4, -0.2) is 21.0 Å². The first-order valence-electron chi connectivity index (χ1n) is 9.77. The number of aromatic nitrogens is 3. The van der Waals surface area contributed by atoms with Gasteiger partial charge in [0.25, 0.3) is 0 Å². The first-order valence-corrected chi connectivity index (χ1v) is 12.3. The SMILES string of the molecule is CSc1ccc([C@H]2Oc3ccc(Cl)cc3C3=C2[C@@H](c2cccs2)n2ncnc2N3)cc1. The number of ether oxygens (including phenoxy) is 1. The number of anilines is 1. The maximum atomic E-state index is 6.62. The summed E-state index contributed by atoms with van der Waals surface area (Å²) >= 11 is 9.80. The van der Waals surface area contributed by atoms with Gasteiger partial charge in [-0.1, -0.05) is 29.8 Å². The molecule has 2 aliphatic rings. The van der Waals surface area contributed by atoms with Crippen LogP contribution in [0.15, 0.2) is 76.8 Å². The quantitative estimate of drug-likeness (QED) is 0.362. The first kappa shape index (κ1) is 19.0. The molecule has 31 heavy (non-hydrogen) atoms. The van der Waals surface area contributed by atoms with E-state index in [-0.39, 0.29) is 12.1 Å². The lowest BCUT2D eigenvalue weighted by Crippen LogP contribution is -2.32. The zero-order valence-corrected chi connectivity index (χ0v) is 18.8. The van der Waals surface area contributed by atoms with Crippen LogP contribution >= 0.6 is 34.7 Å². The Morgan fingerprint density at radius 3 is 2.81 bits per heavy atom. The molecule has 2 aromatic carbocycles. The van der Waals surface area contributed by atoms with E-state index in [2.05, 4.69) is 63.4 Å². The molecule has 2 aromatic heterocycles. The average Bonchev–Trinajstić information content (AvgIpc) is 3.49. The molecule has 154 valence electrons. The molecule has 5 nitrogen and oxygen atoms in total. The topological polar surface area (TPSA) is 52.0 Å². The molecule has 1 N–H and O–H groups in total. The van der Waals surface area contributed by atoms with Crippen molar-refractivity contribution in [1.29, 1.82) is 0 Å². The van der Waals surface area contributed by atoms with Gasteiger partial charge in [-0.05, 0) is 53.6 Å². The van der Waals surface area contributed by atoms with Crippen molar-refractivity contribution in [1.82, 2.24) is 14.8 Å². The zero-order chi connectivity index (χ0) is 20.9. The van der Waals surface area contributed by atoms with Crippen molar-refractivity contribution in [3.8, 4) is 5.75 Å². The van der Waals surface area contributed by atoms with Crippen molar-refractivity contribution in [3.63, 3.8) is 0 Å². The van der Waals surface area contributed by atoms with E-state index in [9.17, 15) is 0 Å². The lowest BCUT2D eigenvalue weighted by Gasteiger charge is -2.38. The summed E-state index contributed by atoms with van der Waals surface area (Å²) in [5, 5.41) is 10.8. The molecule has 8 heteroatoms. The van der Waals surface area contributed by atoms with Crippen LogP contribution in [0.2, 0.25) is 5.02 Å². The molecule has 0 amide bonds. The Hall–Kier alpha value is -2.74. The molecule has 0 radical (unpaired) electrons. The number of halogens is 1. The number of hydrogen-bond acceptors (Lipinski definition) is 6. The second-order valence-corrected chi connectivity index (χ2v) is 9.61. The van der Waals surface area contributed by atoms with Crippen molar-refractivity contribution in [2.75, 3.05) is 11.6 Å². The van der Waals surface area contributed by atoms with Crippen molar-refractivity contribution >= 4 is 46.3 Å². The Morgan fingerprint density at radius 2 is 2.03 bits per heavy atom. The third kappa shape index (κ3) is 3.07. The highest BCUT2D eigenvalue weighted by Gasteiger charge is 2.41. The van der Waals surface area contributed by atoms with Gasteiger partial charge in [-0.25, -0.2) is 4.68 Å². The number of fused-ring (bicyclic) bond motifs is 3. The summed E-state index contributed by atoms with van der Waals surface area (Å²) in [6, 6.07) is 18.4. The molecule has 6 rings (SSSR count). The lowest BCUT2D eigenvalue weighted by atomic mass is 9.87. The van der Waals surface area contributed by atoms with E-state index in [1.807, 2.05) is 22.9 Å². The number of benzene rings is 2. The summed E-state index contributed by atoms with van der Waals surface area (Å²) in [5.41, 5.74) is 4.13. The second kappa shape index (κ2) is 7.44. The fourth-order valence-electron chi connectivity index (χ4n) is 4.22. The summed E-state index contributed by atoms with van der Waals surface area (Å²) in [7, 11) is 0. The highest BCUT2D eigenvalue weighted by atomic mass is 35.5. The molecule has 2 aliphatic heterocycles. The molecule has 0 bridgehead atoms. The second-order valence-electron chi connectivity index (χ2n) is 7.31. The van der Waals surface area contributed by atoms with Crippen LogP contribution in [0.5, 0.6) is 5.75 Å². The van der Waals surface area contributed by atoms with E-state index in [0.29, 0.717) is 11.0 Å². The first-order chi connectivity index (χ1) is 15.2. The fourth-order valence-corrected chi connectivity index (χ4v) is 5.62. The monoisotopic (exact) mass is 464 g/mol. The highest BCUT2D eigenvalue weighted by molar-refractivity contribution is 7.98. The van der Waals surface area contributed by atoms with Crippen molar-refractivity contribution < 1.29 is 4.74 Å². The predicted molar refractivity (Wildman–Crippen MR) is 126 cm³/mol. The van der Waals surface area contributed by atoms with Crippen LogP contribution in [0, 0.1) is 0 Å². The van der Waals surface area contributed by atoms with Crippen LogP contribution in [-0.2, 0) is 0 Å². The molecule has 2 atom stereocenters. The number of nitrogens with one attached hydrogen (secondary N) is 1.